The van der Waals surface area contributed by atoms with Crippen molar-refractivity contribution in [2.75, 3.05) is 53.4 Å². The number of likely N-dealkylation sites (tertiary alicyclic amines) is 1. The third kappa shape index (κ3) is 2.63. The topological polar surface area (TPSA) is 66.4 Å². The van der Waals surface area contributed by atoms with Crippen LogP contribution in [0.3, 0.4) is 0 Å². The van der Waals surface area contributed by atoms with Crippen LogP contribution in [0.25, 0.3) is 0 Å². The highest BCUT2D eigenvalue weighted by molar-refractivity contribution is 5.96. The lowest BCUT2D eigenvalue weighted by Crippen LogP contribution is -2.63. The number of nitrogens with one attached hydrogen (secondary N) is 1. The Balaban J connectivity index is 1.49. The predicted octanol–water partition coefficient (Wildman–Crippen LogP) is 0.659. The summed E-state index contributed by atoms with van der Waals surface area (Å²) in [6.45, 7) is 5.11. The standard InChI is InChI=1S/C18H30N4O3/c1-21(2)16(23)18-7-6-17(18,12-19-13-18)15-20-24-11-14(25-15)10-22-8-4-3-5-9-22/h14,19H,3-13H2,1-2H3. The molecular weight excluding hydrogens is 320 g/mol. The summed E-state index contributed by atoms with van der Waals surface area (Å²) in [5.41, 5.74) is -0.763. The minimum atomic E-state index is -0.425. The summed E-state index contributed by atoms with van der Waals surface area (Å²) in [4.78, 5) is 22.6. The molecule has 3 heterocycles. The van der Waals surface area contributed by atoms with Gasteiger partial charge in [0, 0.05) is 33.7 Å². The Morgan fingerprint density at radius 2 is 2.08 bits per heavy atom. The number of carbonyl (C=O) groups is 1. The molecule has 4 rings (SSSR count). The number of oxime groups is 1. The average Bonchev–Trinajstić information content (AvgIpc) is 2.87. The first-order valence-corrected chi connectivity index (χ1v) is 9.59. The normalized spacial score (nSPS) is 38.0. The molecule has 1 saturated carbocycles. The van der Waals surface area contributed by atoms with Gasteiger partial charge >= 0.3 is 0 Å². The number of nitrogens with zero attached hydrogens (tertiary/aromatic N) is 3. The van der Waals surface area contributed by atoms with Gasteiger partial charge in [-0.05, 0) is 38.8 Å². The van der Waals surface area contributed by atoms with Gasteiger partial charge in [-0.15, -0.1) is 0 Å². The summed E-state index contributed by atoms with van der Waals surface area (Å²) in [5.74, 6) is 0.820. The molecule has 1 aliphatic carbocycles. The molecule has 25 heavy (non-hydrogen) atoms. The molecule has 3 fully saturated rings. The maximum Gasteiger partial charge on any atom is 0.234 e. The Morgan fingerprint density at radius 3 is 2.76 bits per heavy atom. The smallest absolute Gasteiger partial charge is 0.234 e. The molecule has 0 aromatic rings. The van der Waals surface area contributed by atoms with E-state index >= 15 is 0 Å². The lowest BCUT2D eigenvalue weighted by Gasteiger charge is -2.54. The highest BCUT2D eigenvalue weighted by atomic mass is 16.7. The van der Waals surface area contributed by atoms with E-state index in [1.54, 1.807) is 4.90 Å². The van der Waals surface area contributed by atoms with Crippen molar-refractivity contribution in [3.8, 4) is 0 Å². The summed E-state index contributed by atoms with van der Waals surface area (Å²) < 4.78 is 6.33. The fourth-order valence-corrected chi connectivity index (χ4v) is 5.05. The Bertz CT molecular complexity index is 561. The zero-order valence-corrected chi connectivity index (χ0v) is 15.4. The summed E-state index contributed by atoms with van der Waals surface area (Å²) >= 11 is 0. The van der Waals surface area contributed by atoms with Crippen LogP contribution < -0.4 is 5.32 Å². The maximum absolute atomic E-state index is 12.9. The van der Waals surface area contributed by atoms with Crippen molar-refractivity contribution < 1.29 is 14.4 Å². The van der Waals surface area contributed by atoms with Crippen molar-refractivity contribution in [2.24, 2.45) is 16.0 Å². The van der Waals surface area contributed by atoms with Crippen LogP contribution in [-0.4, -0.2) is 81.1 Å². The zero-order chi connectivity index (χ0) is 17.5. The van der Waals surface area contributed by atoms with E-state index in [1.807, 2.05) is 14.1 Å². The van der Waals surface area contributed by atoms with Gasteiger partial charge in [0.2, 0.25) is 11.8 Å². The molecule has 1 N–H and O–H groups in total. The second-order valence-corrected chi connectivity index (χ2v) is 8.26. The van der Waals surface area contributed by atoms with E-state index in [0.29, 0.717) is 19.0 Å². The van der Waals surface area contributed by atoms with Gasteiger partial charge in [-0.25, -0.2) is 0 Å². The Morgan fingerprint density at radius 1 is 1.28 bits per heavy atom. The molecule has 2 saturated heterocycles. The Hall–Kier alpha value is -1.34. The third-order valence-corrected chi connectivity index (χ3v) is 6.57. The van der Waals surface area contributed by atoms with Gasteiger partial charge in [0.05, 0.1) is 10.8 Å². The summed E-state index contributed by atoms with van der Waals surface area (Å²) in [6, 6.07) is 0. The average molecular weight is 350 g/mol. The van der Waals surface area contributed by atoms with E-state index < -0.39 is 5.41 Å². The van der Waals surface area contributed by atoms with Crippen LogP contribution in [0.15, 0.2) is 5.16 Å². The second kappa shape index (κ2) is 6.43. The molecule has 4 aliphatic rings. The summed E-state index contributed by atoms with van der Waals surface area (Å²) in [7, 11) is 3.66. The number of carbonyl (C=O) groups excluding carboxylic acids is 1. The van der Waals surface area contributed by atoms with E-state index in [1.165, 1.54) is 19.3 Å². The lowest BCUT2D eigenvalue weighted by atomic mass is 9.50. The number of amides is 1. The van der Waals surface area contributed by atoms with Crippen molar-refractivity contribution >= 4 is 11.8 Å². The van der Waals surface area contributed by atoms with E-state index in [9.17, 15) is 4.79 Å². The quantitative estimate of drug-likeness (QED) is 0.807. The molecule has 3 unspecified atom stereocenters. The molecule has 0 spiro atoms. The number of hydrogen-bond donors (Lipinski definition) is 1. The van der Waals surface area contributed by atoms with Crippen molar-refractivity contribution in [3.05, 3.63) is 0 Å². The monoisotopic (exact) mass is 350 g/mol. The van der Waals surface area contributed by atoms with Crippen LogP contribution in [0.1, 0.15) is 32.1 Å². The van der Waals surface area contributed by atoms with Crippen LogP contribution >= 0.6 is 0 Å². The molecule has 1 amide bonds. The number of piperidine rings is 1. The predicted molar refractivity (Wildman–Crippen MR) is 94.2 cm³/mol. The van der Waals surface area contributed by atoms with Crippen LogP contribution in [0.2, 0.25) is 0 Å². The van der Waals surface area contributed by atoms with Crippen molar-refractivity contribution in [3.63, 3.8) is 0 Å². The third-order valence-electron chi connectivity index (χ3n) is 6.57. The molecule has 7 heteroatoms. The second-order valence-electron chi connectivity index (χ2n) is 8.26. The largest absolute Gasteiger partial charge is 0.470 e. The first-order chi connectivity index (χ1) is 12.1. The number of rotatable bonds is 4. The molecule has 0 aromatic heterocycles. The minimum Gasteiger partial charge on any atom is -0.470 e. The SMILES string of the molecule is CN(C)C(=O)C12CCC1(C1=NOCC(CN3CCCCC3)O1)CNC2. The Kier molecular flexibility index (Phi) is 4.40. The molecule has 0 bridgehead atoms. The molecule has 3 atom stereocenters. The highest BCUT2D eigenvalue weighted by Gasteiger charge is 2.70. The first-order valence-electron chi connectivity index (χ1n) is 9.59. The van der Waals surface area contributed by atoms with Crippen LogP contribution in [-0.2, 0) is 14.4 Å². The number of hydrogen-bond acceptors (Lipinski definition) is 6. The van der Waals surface area contributed by atoms with Gasteiger partial charge in [0.15, 0.2) is 6.61 Å². The van der Waals surface area contributed by atoms with Crippen molar-refractivity contribution in [2.45, 2.75) is 38.2 Å². The fraction of sp³-hybridized carbons (Fsp3) is 0.889. The van der Waals surface area contributed by atoms with Crippen molar-refractivity contribution in [1.82, 2.24) is 15.1 Å². The van der Waals surface area contributed by atoms with Gasteiger partial charge in [0.25, 0.3) is 0 Å². The van der Waals surface area contributed by atoms with Gasteiger partial charge in [-0.2, -0.15) is 0 Å². The Labute approximate surface area is 149 Å². The van der Waals surface area contributed by atoms with E-state index in [2.05, 4.69) is 15.4 Å². The van der Waals surface area contributed by atoms with E-state index in [-0.39, 0.29) is 17.4 Å². The lowest BCUT2D eigenvalue weighted by molar-refractivity contribution is -0.153. The van der Waals surface area contributed by atoms with Gasteiger partial charge in [-0.3, -0.25) is 9.69 Å². The molecule has 7 nitrogen and oxygen atoms in total. The summed E-state index contributed by atoms with van der Waals surface area (Å²) in [5, 5.41) is 7.70. The van der Waals surface area contributed by atoms with E-state index in [4.69, 9.17) is 9.57 Å². The van der Waals surface area contributed by atoms with Crippen LogP contribution in [0.4, 0.5) is 0 Å². The van der Waals surface area contributed by atoms with Gasteiger partial charge < -0.3 is 19.8 Å². The zero-order valence-electron chi connectivity index (χ0n) is 15.4. The molecule has 0 radical (unpaired) electrons. The number of ether oxygens (including phenoxy) is 1. The maximum atomic E-state index is 12.9. The first kappa shape index (κ1) is 17.1. The fourth-order valence-electron chi connectivity index (χ4n) is 5.05. The molecular formula is C18H30N4O3. The van der Waals surface area contributed by atoms with Gasteiger partial charge in [-0.1, -0.05) is 11.6 Å². The summed E-state index contributed by atoms with van der Waals surface area (Å²) in [6.07, 6.45) is 5.68. The molecule has 3 aliphatic heterocycles. The number of fused-ring (bicyclic) bond motifs is 1. The molecule has 0 aromatic carbocycles. The highest BCUT2D eigenvalue weighted by Crippen LogP contribution is 2.61. The van der Waals surface area contributed by atoms with Crippen molar-refractivity contribution in [1.29, 1.82) is 0 Å². The molecule has 140 valence electrons. The van der Waals surface area contributed by atoms with E-state index in [0.717, 1.165) is 39.0 Å². The minimum absolute atomic E-state index is 0.00772. The van der Waals surface area contributed by atoms with Crippen LogP contribution in [0, 0.1) is 10.8 Å². The van der Waals surface area contributed by atoms with Crippen LogP contribution in [0.5, 0.6) is 0 Å². The van der Waals surface area contributed by atoms with Gasteiger partial charge in [0.1, 0.15) is 6.10 Å².